The predicted molar refractivity (Wildman–Crippen MR) is 162 cm³/mol. The number of Topliss-reactive ketones (excluding diaryl/α,β-unsaturated/α-hetero) is 1. The van der Waals surface area contributed by atoms with Crippen LogP contribution in [0.1, 0.15) is 42.5 Å². The van der Waals surface area contributed by atoms with E-state index in [1.54, 1.807) is 48.5 Å². The molecule has 0 spiro atoms. The van der Waals surface area contributed by atoms with Gasteiger partial charge in [-0.1, -0.05) is 76.6 Å². The van der Waals surface area contributed by atoms with Crippen molar-refractivity contribution < 1.29 is 23.8 Å². The van der Waals surface area contributed by atoms with Crippen LogP contribution in [0.25, 0.3) is 5.76 Å². The zero-order valence-corrected chi connectivity index (χ0v) is 25.1. The Bertz CT molecular complexity index is 1570. The molecule has 1 amide bonds. The number of carbonyl (C=O) groups excluding carboxylic acids is 2. The Morgan fingerprint density at radius 3 is 2.44 bits per heavy atom. The normalized spacial score (nSPS) is 16.4. The molecular formula is C30H25BrFN3O4S2. The van der Waals surface area contributed by atoms with E-state index in [2.05, 4.69) is 33.1 Å². The maximum absolute atomic E-state index is 13.4. The van der Waals surface area contributed by atoms with Gasteiger partial charge in [0, 0.05) is 15.8 Å². The number of aliphatic hydroxyl groups is 1. The van der Waals surface area contributed by atoms with Crippen LogP contribution < -0.4 is 9.64 Å². The molecule has 1 aliphatic heterocycles. The van der Waals surface area contributed by atoms with Gasteiger partial charge in [-0.25, -0.2) is 4.39 Å². The molecular weight excluding hydrogens is 629 g/mol. The molecule has 4 aromatic rings. The van der Waals surface area contributed by atoms with Gasteiger partial charge in [0.15, 0.2) is 4.34 Å². The molecule has 1 saturated heterocycles. The highest BCUT2D eigenvalue weighted by Crippen LogP contribution is 2.44. The summed E-state index contributed by atoms with van der Waals surface area (Å²) >= 11 is 5.99. The maximum Gasteiger partial charge on any atom is 0.301 e. The predicted octanol–water partition coefficient (Wildman–Crippen LogP) is 7.54. The number of anilines is 1. The molecule has 1 fully saturated rings. The molecule has 2 heterocycles. The summed E-state index contributed by atoms with van der Waals surface area (Å²) in [6, 6.07) is 19.2. The van der Waals surface area contributed by atoms with E-state index in [9.17, 15) is 19.1 Å². The zero-order valence-electron chi connectivity index (χ0n) is 21.9. The lowest BCUT2D eigenvalue weighted by Crippen LogP contribution is -2.29. The van der Waals surface area contributed by atoms with Crippen LogP contribution in [0.3, 0.4) is 0 Å². The lowest BCUT2D eigenvalue weighted by Gasteiger charge is -2.22. The third-order valence-electron chi connectivity index (χ3n) is 6.40. The molecule has 1 N–H and O–H groups in total. The molecule has 1 aromatic heterocycles. The van der Waals surface area contributed by atoms with Gasteiger partial charge in [-0.15, -0.1) is 10.2 Å². The van der Waals surface area contributed by atoms with Gasteiger partial charge in [-0.05, 0) is 66.1 Å². The molecule has 210 valence electrons. The van der Waals surface area contributed by atoms with Crippen LogP contribution in [0.4, 0.5) is 9.52 Å². The average molecular weight is 655 g/mol. The molecule has 1 atom stereocenters. The number of ether oxygens (including phenoxy) is 1. The highest BCUT2D eigenvalue weighted by molar-refractivity contribution is 9.10. The minimum absolute atomic E-state index is 0.0345. The standard InChI is InChI=1S/C30H25BrFN3O4S2/c1-2-3-16-39-23-14-8-20(9-15-23)26(36)24-25(19-6-10-21(31)11-7-19)35(28(38)27(24)37)29-33-34-30(41-29)40-17-18-4-12-22(32)13-5-18/h4-15,25,36H,2-3,16-17H2,1H3. The van der Waals surface area contributed by atoms with Crippen molar-refractivity contribution in [1.29, 1.82) is 0 Å². The quantitative estimate of drug-likeness (QED) is 0.0472. The molecule has 1 unspecified atom stereocenters. The summed E-state index contributed by atoms with van der Waals surface area (Å²) in [6.45, 7) is 2.67. The Balaban J connectivity index is 1.47. The molecule has 5 rings (SSSR count). The number of aliphatic hydroxyl groups excluding tert-OH is 1. The van der Waals surface area contributed by atoms with Gasteiger partial charge < -0.3 is 9.84 Å². The SMILES string of the molecule is CCCCOc1ccc(C(O)=C2C(=O)C(=O)N(c3nnc(SCc4ccc(F)cc4)s3)C2c2ccc(Br)cc2)cc1. The summed E-state index contributed by atoms with van der Waals surface area (Å²) in [6.07, 6.45) is 1.94. The monoisotopic (exact) mass is 653 g/mol. The van der Waals surface area contributed by atoms with Gasteiger partial charge >= 0.3 is 5.91 Å². The Morgan fingerprint density at radius 1 is 1.05 bits per heavy atom. The molecule has 0 aliphatic carbocycles. The van der Waals surface area contributed by atoms with Crippen LogP contribution in [0.5, 0.6) is 5.75 Å². The lowest BCUT2D eigenvalue weighted by molar-refractivity contribution is -0.132. The maximum atomic E-state index is 13.4. The van der Waals surface area contributed by atoms with E-state index >= 15 is 0 Å². The second-order valence-electron chi connectivity index (χ2n) is 9.21. The fourth-order valence-corrected chi connectivity index (χ4v) is 6.36. The van der Waals surface area contributed by atoms with Crippen LogP contribution in [-0.2, 0) is 15.3 Å². The van der Waals surface area contributed by atoms with Crippen molar-refractivity contribution in [1.82, 2.24) is 10.2 Å². The molecule has 0 bridgehead atoms. The number of carbonyl (C=O) groups is 2. The summed E-state index contributed by atoms with van der Waals surface area (Å²) in [5.74, 6) is -1.02. The van der Waals surface area contributed by atoms with Gasteiger partial charge in [0.2, 0.25) is 5.13 Å². The van der Waals surface area contributed by atoms with Crippen molar-refractivity contribution in [2.75, 3.05) is 11.5 Å². The van der Waals surface area contributed by atoms with E-state index in [0.29, 0.717) is 33.6 Å². The van der Waals surface area contributed by atoms with Crippen molar-refractivity contribution in [2.45, 2.75) is 35.9 Å². The smallest absolute Gasteiger partial charge is 0.301 e. The first-order chi connectivity index (χ1) is 19.9. The number of halogens is 2. The number of aromatic nitrogens is 2. The van der Waals surface area contributed by atoms with Gasteiger partial charge in [0.1, 0.15) is 17.3 Å². The number of hydrogen-bond acceptors (Lipinski definition) is 8. The molecule has 3 aromatic carbocycles. The Kier molecular flexibility index (Phi) is 9.16. The van der Waals surface area contributed by atoms with E-state index in [1.807, 2.05) is 12.1 Å². The Hall–Kier alpha value is -3.54. The molecule has 41 heavy (non-hydrogen) atoms. The van der Waals surface area contributed by atoms with Crippen molar-refractivity contribution in [2.24, 2.45) is 0 Å². The van der Waals surface area contributed by atoms with Crippen molar-refractivity contribution in [3.63, 3.8) is 0 Å². The van der Waals surface area contributed by atoms with Crippen molar-refractivity contribution in [3.8, 4) is 5.75 Å². The number of nitrogens with zero attached hydrogens (tertiary/aromatic N) is 3. The third kappa shape index (κ3) is 6.52. The number of rotatable bonds is 10. The van der Waals surface area contributed by atoms with Crippen LogP contribution in [-0.4, -0.2) is 33.6 Å². The minimum atomic E-state index is -0.911. The number of ketones is 1. The van der Waals surface area contributed by atoms with Gasteiger partial charge in [0.05, 0.1) is 18.2 Å². The minimum Gasteiger partial charge on any atom is -0.507 e. The number of amides is 1. The third-order valence-corrected chi connectivity index (χ3v) is 9.06. The van der Waals surface area contributed by atoms with E-state index in [1.165, 1.54) is 40.1 Å². The van der Waals surface area contributed by atoms with Crippen LogP contribution in [0, 0.1) is 5.82 Å². The summed E-state index contributed by atoms with van der Waals surface area (Å²) in [4.78, 5) is 28.1. The van der Waals surface area contributed by atoms with E-state index in [0.717, 1.165) is 22.9 Å². The second kappa shape index (κ2) is 13.0. The topological polar surface area (TPSA) is 92.6 Å². The zero-order chi connectivity index (χ0) is 28.9. The Labute approximate surface area is 253 Å². The largest absolute Gasteiger partial charge is 0.507 e. The fourth-order valence-electron chi connectivity index (χ4n) is 4.27. The Morgan fingerprint density at radius 2 is 1.76 bits per heavy atom. The molecule has 0 radical (unpaired) electrons. The summed E-state index contributed by atoms with van der Waals surface area (Å²) in [5, 5.41) is 20.0. The molecule has 7 nitrogen and oxygen atoms in total. The lowest BCUT2D eigenvalue weighted by atomic mass is 9.95. The molecule has 1 aliphatic rings. The van der Waals surface area contributed by atoms with E-state index in [-0.39, 0.29) is 22.3 Å². The van der Waals surface area contributed by atoms with Crippen molar-refractivity contribution >= 4 is 61.6 Å². The first kappa shape index (κ1) is 29.0. The van der Waals surface area contributed by atoms with Crippen LogP contribution in [0.15, 0.2) is 87.2 Å². The van der Waals surface area contributed by atoms with Gasteiger partial charge in [0.25, 0.3) is 5.78 Å². The first-order valence-electron chi connectivity index (χ1n) is 12.9. The van der Waals surface area contributed by atoms with Crippen molar-refractivity contribution in [3.05, 3.63) is 105 Å². The van der Waals surface area contributed by atoms with E-state index < -0.39 is 17.7 Å². The van der Waals surface area contributed by atoms with Crippen LogP contribution >= 0.6 is 39.0 Å². The molecule has 11 heteroatoms. The second-order valence-corrected chi connectivity index (χ2v) is 12.3. The average Bonchev–Trinajstić information content (AvgIpc) is 3.55. The van der Waals surface area contributed by atoms with Gasteiger partial charge in [-0.2, -0.15) is 0 Å². The highest BCUT2D eigenvalue weighted by atomic mass is 79.9. The fraction of sp³-hybridized carbons (Fsp3) is 0.200. The summed E-state index contributed by atoms with van der Waals surface area (Å²) in [7, 11) is 0. The summed E-state index contributed by atoms with van der Waals surface area (Å²) in [5.41, 5.74) is 1.89. The number of hydrogen-bond donors (Lipinski definition) is 1. The van der Waals surface area contributed by atoms with Crippen LogP contribution in [0.2, 0.25) is 0 Å². The van der Waals surface area contributed by atoms with Gasteiger partial charge in [-0.3, -0.25) is 14.5 Å². The number of thioether (sulfide) groups is 1. The first-order valence-corrected chi connectivity index (χ1v) is 15.5. The molecule has 0 saturated carbocycles. The number of unbranched alkanes of at least 4 members (excludes halogenated alkanes) is 1. The van der Waals surface area contributed by atoms with E-state index in [4.69, 9.17) is 4.74 Å². The number of benzene rings is 3. The highest BCUT2D eigenvalue weighted by Gasteiger charge is 2.48. The summed E-state index contributed by atoms with van der Waals surface area (Å²) < 4.78 is 20.4.